The summed E-state index contributed by atoms with van der Waals surface area (Å²) < 4.78 is 2.17. The van der Waals surface area contributed by atoms with Crippen molar-refractivity contribution in [3.8, 4) is 5.69 Å². The van der Waals surface area contributed by atoms with Gasteiger partial charge in [-0.25, -0.2) is 0 Å². The van der Waals surface area contributed by atoms with Gasteiger partial charge in [0.1, 0.15) is 0 Å². The third-order valence-electron chi connectivity index (χ3n) is 3.83. The maximum atomic E-state index is 2.40. The molecule has 0 aliphatic heterocycles. The molecule has 0 aliphatic carbocycles. The van der Waals surface area contributed by atoms with Crippen LogP contribution in [0.4, 0.5) is 5.69 Å². The highest BCUT2D eigenvalue weighted by molar-refractivity contribution is 5.59. The lowest BCUT2D eigenvalue weighted by Gasteiger charge is -2.24. The molecule has 0 N–H and O–H groups in total. The molecule has 1 heterocycles. The molecule has 0 saturated carbocycles. The first-order valence-corrected chi connectivity index (χ1v) is 7.00. The maximum Gasteiger partial charge on any atom is 0.213 e. The van der Waals surface area contributed by atoms with Crippen LogP contribution >= 0.6 is 0 Å². The van der Waals surface area contributed by atoms with E-state index in [0.717, 1.165) is 13.1 Å². The zero-order chi connectivity index (χ0) is 13.8. The molecule has 2 aromatic rings. The van der Waals surface area contributed by atoms with Gasteiger partial charge in [0.2, 0.25) is 5.69 Å². The smallest absolute Gasteiger partial charge is 0.213 e. The molecule has 1 aromatic heterocycles. The molecular formula is C17H23ClN2. The van der Waals surface area contributed by atoms with Gasteiger partial charge < -0.3 is 17.3 Å². The van der Waals surface area contributed by atoms with E-state index in [1.54, 1.807) is 0 Å². The van der Waals surface area contributed by atoms with Crippen LogP contribution in [-0.4, -0.2) is 13.1 Å². The fourth-order valence-electron chi connectivity index (χ4n) is 2.54. The highest BCUT2D eigenvalue weighted by Gasteiger charge is 2.15. The van der Waals surface area contributed by atoms with Crippen molar-refractivity contribution in [3.05, 3.63) is 53.9 Å². The quantitative estimate of drug-likeness (QED) is 0.741. The largest absolute Gasteiger partial charge is 1.00 e. The first-order valence-electron chi connectivity index (χ1n) is 7.00. The third kappa shape index (κ3) is 3.13. The maximum absolute atomic E-state index is 2.40. The van der Waals surface area contributed by atoms with Crippen molar-refractivity contribution in [1.82, 2.24) is 0 Å². The summed E-state index contributed by atoms with van der Waals surface area (Å²) in [5.41, 5.74) is 5.33. The Kier molecular flexibility index (Phi) is 6.03. The minimum Gasteiger partial charge on any atom is -1.00 e. The summed E-state index contributed by atoms with van der Waals surface area (Å²) >= 11 is 0. The van der Waals surface area contributed by atoms with Crippen LogP contribution in [0.15, 0.2) is 42.7 Å². The normalized spacial score (nSPS) is 10.0. The molecule has 20 heavy (non-hydrogen) atoms. The van der Waals surface area contributed by atoms with Gasteiger partial charge in [0.15, 0.2) is 12.4 Å². The number of hydrogen-bond acceptors (Lipinski definition) is 1. The molecule has 3 heteroatoms. The van der Waals surface area contributed by atoms with E-state index in [-0.39, 0.29) is 12.4 Å². The van der Waals surface area contributed by atoms with Crippen LogP contribution in [0.1, 0.15) is 25.0 Å². The number of halogens is 1. The lowest BCUT2D eigenvalue weighted by molar-refractivity contribution is -0.596. The summed E-state index contributed by atoms with van der Waals surface area (Å²) in [5, 5.41) is 0. The first-order chi connectivity index (χ1) is 9.19. The van der Waals surface area contributed by atoms with Crippen LogP contribution in [0.5, 0.6) is 0 Å². The van der Waals surface area contributed by atoms with Crippen molar-refractivity contribution in [2.75, 3.05) is 18.0 Å². The summed E-state index contributed by atoms with van der Waals surface area (Å²) in [7, 11) is 0. The van der Waals surface area contributed by atoms with Gasteiger partial charge in [-0.1, -0.05) is 6.07 Å². The van der Waals surface area contributed by atoms with Crippen LogP contribution in [0.2, 0.25) is 0 Å². The van der Waals surface area contributed by atoms with Crippen LogP contribution in [0.3, 0.4) is 0 Å². The van der Waals surface area contributed by atoms with E-state index in [4.69, 9.17) is 0 Å². The number of pyridine rings is 1. The minimum absolute atomic E-state index is 0. The number of hydrogen-bond donors (Lipinski definition) is 0. The lowest BCUT2D eigenvalue weighted by Crippen LogP contribution is -3.00. The summed E-state index contributed by atoms with van der Waals surface area (Å²) in [6.45, 7) is 10.9. The molecule has 0 atom stereocenters. The second-order valence-electron chi connectivity index (χ2n) is 4.81. The fraction of sp³-hybridized carbons (Fsp3) is 0.353. The molecule has 2 rings (SSSR count). The van der Waals surface area contributed by atoms with E-state index in [9.17, 15) is 0 Å². The zero-order valence-corrected chi connectivity index (χ0v) is 13.5. The highest BCUT2D eigenvalue weighted by Crippen LogP contribution is 2.25. The van der Waals surface area contributed by atoms with E-state index in [2.05, 4.69) is 73.8 Å². The molecule has 0 amide bonds. The fourth-order valence-corrected chi connectivity index (χ4v) is 2.54. The molecule has 0 saturated heterocycles. The van der Waals surface area contributed by atoms with Gasteiger partial charge in [0.05, 0.1) is 0 Å². The third-order valence-corrected chi connectivity index (χ3v) is 3.83. The predicted octanol–water partition coefficient (Wildman–Crippen LogP) is 0.430. The lowest BCUT2D eigenvalue weighted by atomic mass is 10.0. The van der Waals surface area contributed by atoms with Crippen molar-refractivity contribution in [3.63, 3.8) is 0 Å². The van der Waals surface area contributed by atoms with Crippen LogP contribution in [0, 0.1) is 13.8 Å². The van der Waals surface area contributed by atoms with Crippen molar-refractivity contribution >= 4 is 5.69 Å². The Morgan fingerprint density at radius 2 is 1.50 bits per heavy atom. The van der Waals surface area contributed by atoms with Crippen molar-refractivity contribution in [1.29, 1.82) is 0 Å². The highest BCUT2D eigenvalue weighted by atomic mass is 35.5. The summed E-state index contributed by atoms with van der Waals surface area (Å²) in [6, 6.07) is 10.6. The Balaban J connectivity index is 0.00000200. The van der Waals surface area contributed by atoms with Crippen LogP contribution < -0.4 is 21.9 Å². The first kappa shape index (κ1) is 16.5. The van der Waals surface area contributed by atoms with E-state index < -0.39 is 0 Å². The number of aromatic nitrogens is 1. The van der Waals surface area contributed by atoms with Crippen molar-refractivity contribution < 1.29 is 17.0 Å². The summed E-state index contributed by atoms with van der Waals surface area (Å²) in [5.74, 6) is 0. The van der Waals surface area contributed by atoms with E-state index in [1.165, 1.54) is 22.5 Å². The monoisotopic (exact) mass is 290 g/mol. The van der Waals surface area contributed by atoms with E-state index in [1.807, 2.05) is 6.07 Å². The van der Waals surface area contributed by atoms with Gasteiger partial charge in [-0.15, -0.1) is 0 Å². The number of nitrogens with zero attached hydrogens (tertiary/aromatic N) is 2. The standard InChI is InChI=1S/C17H23N2.ClH/c1-5-18(6-2)16-10-11-17(15(4)14(16)3)19-12-8-7-9-13-19;/h7-13H,5-6H2,1-4H3;1H/q+1;/p-1. The molecule has 0 radical (unpaired) electrons. The number of rotatable bonds is 4. The predicted molar refractivity (Wildman–Crippen MR) is 81.0 cm³/mol. The van der Waals surface area contributed by atoms with Gasteiger partial charge in [-0.05, 0) is 39.3 Å². The molecule has 1 aromatic carbocycles. The Hall–Kier alpha value is -1.54. The topological polar surface area (TPSA) is 7.12 Å². The van der Waals surface area contributed by atoms with Crippen LogP contribution in [-0.2, 0) is 0 Å². The van der Waals surface area contributed by atoms with Crippen LogP contribution in [0.25, 0.3) is 5.69 Å². The van der Waals surface area contributed by atoms with E-state index in [0.29, 0.717) is 0 Å². The molecule has 0 aliphatic rings. The Labute approximate surface area is 128 Å². The molecule has 108 valence electrons. The number of anilines is 1. The van der Waals surface area contributed by atoms with Crippen molar-refractivity contribution in [2.45, 2.75) is 27.7 Å². The molecular weight excluding hydrogens is 268 g/mol. The molecule has 0 unspecified atom stereocenters. The second kappa shape index (κ2) is 7.30. The average molecular weight is 291 g/mol. The Bertz CT molecular complexity index is 548. The van der Waals surface area contributed by atoms with E-state index >= 15 is 0 Å². The SMILES string of the molecule is CCN(CC)c1ccc(-[n+]2ccccc2)c(C)c1C.[Cl-]. The number of benzene rings is 1. The average Bonchev–Trinajstić information content (AvgIpc) is 2.46. The molecule has 0 bridgehead atoms. The Morgan fingerprint density at radius 3 is 2.05 bits per heavy atom. The van der Waals surface area contributed by atoms with Gasteiger partial charge in [-0.3, -0.25) is 0 Å². The van der Waals surface area contributed by atoms with Gasteiger partial charge in [-0.2, -0.15) is 4.57 Å². The van der Waals surface area contributed by atoms with Gasteiger partial charge in [0.25, 0.3) is 0 Å². The summed E-state index contributed by atoms with van der Waals surface area (Å²) in [6.07, 6.45) is 4.19. The summed E-state index contributed by atoms with van der Waals surface area (Å²) in [4.78, 5) is 2.40. The minimum atomic E-state index is 0. The van der Waals surface area contributed by atoms with Crippen molar-refractivity contribution in [2.24, 2.45) is 0 Å². The van der Waals surface area contributed by atoms with Gasteiger partial charge >= 0.3 is 0 Å². The molecule has 2 nitrogen and oxygen atoms in total. The zero-order valence-electron chi connectivity index (χ0n) is 12.7. The molecule has 0 fully saturated rings. The molecule has 0 spiro atoms. The Morgan fingerprint density at radius 1 is 0.900 bits per heavy atom. The second-order valence-corrected chi connectivity index (χ2v) is 4.81. The van der Waals surface area contributed by atoms with Gasteiger partial charge in [0, 0.05) is 42.5 Å².